The number of ether oxygens (including phenoxy) is 1. The number of hydrogen-bond acceptors (Lipinski definition) is 4. The molecule has 0 unspecified atom stereocenters. The molecule has 0 bridgehead atoms. The van der Waals surface area contributed by atoms with Gasteiger partial charge >= 0.3 is 12.1 Å². The molecule has 4 amide bonds. The maximum Gasteiger partial charge on any atom is 0.407 e. The van der Waals surface area contributed by atoms with Crippen molar-refractivity contribution in [2.75, 3.05) is 40.3 Å². The fraction of sp³-hybridized carbons (Fsp3) is 0.690. The lowest BCUT2D eigenvalue weighted by molar-refractivity contribution is -0.121. The number of halogens is 1. The Morgan fingerprint density at radius 1 is 1.18 bits per heavy atom. The molecule has 0 spiro atoms. The normalized spacial score (nSPS) is 19.7. The third-order valence-corrected chi connectivity index (χ3v) is 8.20. The van der Waals surface area contributed by atoms with Gasteiger partial charge in [-0.05, 0) is 49.3 Å². The summed E-state index contributed by atoms with van der Waals surface area (Å²) in [5, 5.41) is 15.9. The maximum absolute atomic E-state index is 13.5. The van der Waals surface area contributed by atoms with Gasteiger partial charge in [-0.15, -0.1) is 0 Å². The van der Waals surface area contributed by atoms with Gasteiger partial charge in [0.1, 0.15) is 0 Å². The molecule has 1 heterocycles. The molecule has 2 fully saturated rings. The van der Waals surface area contributed by atoms with Crippen molar-refractivity contribution in [2.45, 2.75) is 76.4 Å². The van der Waals surface area contributed by atoms with Gasteiger partial charge in [-0.1, -0.05) is 55.8 Å². The Morgan fingerprint density at radius 2 is 1.95 bits per heavy atom. The smallest absolute Gasteiger partial charge is 0.407 e. The minimum Gasteiger partial charge on any atom is -0.465 e. The summed E-state index contributed by atoms with van der Waals surface area (Å²) in [4.78, 5) is 39.7. The largest absolute Gasteiger partial charge is 0.465 e. The first kappa shape index (κ1) is 31.0. The van der Waals surface area contributed by atoms with Gasteiger partial charge in [-0.3, -0.25) is 4.79 Å². The van der Waals surface area contributed by atoms with E-state index in [4.69, 9.17) is 16.3 Å². The molecule has 1 saturated carbocycles. The van der Waals surface area contributed by atoms with Gasteiger partial charge in [-0.25, -0.2) is 9.59 Å². The molecule has 2 aliphatic rings. The maximum atomic E-state index is 13.5. The lowest BCUT2D eigenvalue weighted by atomic mass is 9.84. The number of carbonyl (C=O) groups excluding carboxylic acids is 2. The van der Waals surface area contributed by atoms with E-state index < -0.39 is 6.09 Å². The van der Waals surface area contributed by atoms with E-state index in [1.807, 2.05) is 29.2 Å². The molecule has 39 heavy (non-hydrogen) atoms. The quantitative estimate of drug-likeness (QED) is 0.299. The van der Waals surface area contributed by atoms with E-state index in [1.165, 1.54) is 24.2 Å². The number of carboxylic acid groups (broad SMARTS) is 1. The number of likely N-dealkylation sites (tertiary alicyclic amines) is 1. The van der Waals surface area contributed by atoms with Crippen LogP contribution in [0, 0.1) is 11.8 Å². The number of piperidine rings is 1. The Morgan fingerprint density at radius 3 is 2.64 bits per heavy atom. The second-order valence-electron chi connectivity index (χ2n) is 11.0. The zero-order valence-electron chi connectivity index (χ0n) is 23.4. The summed E-state index contributed by atoms with van der Waals surface area (Å²) in [5.41, 5.74) is 0.966. The van der Waals surface area contributed by atoms with Crippen molar-refractivity contribution < 1.29 is 24.2 Å². The number of carbonyl (C=O) groups is 3. The van der Waals surface area contributed by atoms with Crippen molar-refractivity contribution in [3.63, 3.8) is 0 Å². The van der Waals surface area contributed by atoms with Crippen LogP contribution in [0.25, 0.3) is 0 Å². The number of benzene rings is 1. The standard InChI is InChI=1S/C29H45ClN4O5/c1-31-26(35)14-8-16-39-27(22-11-6-13-24(30)18-22)23-12-7-15-34(19-23)28(36)32-25(20-33(2)29(37)38)17-21-9-4-3-5-10-21/h6,11,13,18,21,23,25,27H,3-5,7-10,12,14-17,19-20H2,1-2H3,(H,31,35)(H,32,36)(H,37,38)/t23-,25+,27+/m1/s1. The van der Waals surface area contributed by atoms with Gasteiger partial charge in [0.25, 0.3) is 0 Å². The first-order valence-corrected chi connectivity index (χ1v) is 14.7. The fourth-order valence-corrected chi connectivity index (χ4v) is 6.08. The van der Waals surface area contributed by atoms with E-state index in [0.717, 1.165) is 37.7 Å². The highest BCUT2D eigenvalue weighted by molar-refractivity contribution is 6.30. The van der Waals surface area contributed by atoms with E-state index in [9.17, 15) is 19.5 Å². The highest BCUT2D eigenvalue weighted by atomic mass is 35.5. The predicted molar refractivity (Wildman–Crippen MR) is 152 cm³/mol. The van der Waals surface area contributed by atoms with Crippen molar-refractivity contribution in [2.24, 2.45) is 11.8 Å². The Hall–Kier alpha value is -2.52. The van der Waals surface area contributed by atoms with E-state index in [1.54, 1.807) is 14.1 Å². The lowest BCUT2D eigenvalue weighted by Gasteiger charge is -2.38. The summed E-state index contributed by atoms with van der Waals surface area (Å²) < 4.78 is 6.34. The van der Waals surface area contributed by atoms with Crippen molar-refractivity contribution >= 4 is 29.6 Å². The van der Waals surface area contributed by atoms with Crippen LogP contribution in [0.5, 0.6) is 0 Å². The summed E-state index contributed by atoms with van der Waals surface area (Å²) in [6, 6.07) is 7.26. The monoisotopic (exact) mass is 564 g/mol. The fourth-order valence-electron chi connectivity index (χ4n) is 5.88. The molecule has 1 aromatic rings. The summed E-state index contributed by atoms with van der Waals surface area (Å²) >= 11 is 6.30. The molecule has 218 valence electrons. The first-order valence-electron chi connectivity index (χ1n) is 14.3. The van der Waals surface area contributed by atoms with Gasteiger partial charge in [0.05, 0.1) is 6.10 Å². The molecule has 3 N–H and O–H groups in total. The Bertz CT molecular complexity index is 942. The Labute approximate surface area is 237 Å². The van der Waals surface area contributed by atoms with Crippen LogP contribution in [0.2, 0.25) is 5.02 Å². The van der Waals surface area contributed by atoms with Crippen molar-refractivity contribution in [1.29, 1.82) is 0 Å². The summed E-state index contributed by atoms with van der Waals surface area (Å²) in [7, 11) is 3.18. The SMILES string of the molecule is CNC(=O)CCCO[C@@H](c1cccc(Cl)c1)[C@@H]1CCCN(C(=O)N[C@@H](CC2CCCCC2)CN(C)C(=O)O)C1. The van der Waals surface area contributed by atoms with Crippen LogP contribution >= 0.6 is 11.6 Å². The van der Waals surface area contributed by atoms with Crippen LogP contribution in [0.3, 0.4) is 0 Å². The number of nitrogens with zero attached hydrogens (tertiary/aromatic N) is 2. The highest BCUT2D eigenvalue weighted by Crippen LogP contribution is 2.34. The zero-order chi connectivity index (χ0) is 28.2. The molecule has 1 aliphatic carbocycles. The van der Waals surface area contributed by atoms with Crippen LogP contribution in [0.1, 0.15) is 75.9 Å². The number of rotatable bonds is 12. The van der Waals surface area contributed by atoms with Crippen LogP contribution in [-0.2, 0) is 9.53 Å². The molecule has 9 nitrogen and oxygen atoms in total. The molecule has 1 aromatic carbocycles. The number of amides is 4. The summed E-state index contributed by atoms with van der Waals surface area (Å²) in [6.45, 7) is 1.88. The second kappa shape index (κ2) is 15.9. The molecule has 10 heteroatoms. The average Bonchev–Trinajstić information content (AvgIpc) is 2.93. The van der Waals surface area contributed by atoms with Gasteiger partial charge in [-0.2, -0.15) is 0 Å². The van der Waals surface area contributed by atoms with Crippen LogP contribution in [0.4, 0.5) is 9.59 Å². The summed E-state index contributed by atoms with van der Waals surface area (Å²) in [6.07, 6.45) is 8.21. The third-order valence-electron chi connectivity index (χ3n) is 7.97. The van der Waals surface area contributed by atoms with Crippen LogP contribution in [-0.4, -0.2) is 79.3 Å². The van der Waals surface area contributed by atoms with E-state index in [0.29, 0.717) is 43.5 Å². The first-order chi connectivity index (χ1) is 18.8. The van der Waals surface area contributed by atoms with Crippen molar-refractivity contribution in [1.82, 2.24) is 20.4 Å². The minimum absolute atomic E-state index is 0.0188. The molecule has 0 aromatic heterocycles. The van der Waals surface area contributed by atoms with Crippen LogP contribution in [0.15, 0.2) is 24.3 Å². The predicted octanol–water partition coefficient (Wildman–Crippen LogP) is 5.29. The van der Waals surface area contributed by atoms with E-state index in [2.05, 4.69) is 10.6 Å². The van der Waals surface area contributed by atoms with Crippen molar-refractivity contribution in [3.8, 4) is 0 Å². The van der Waals surface area contributed by atoms with E-state index in [-0.39, 0.29) is 36.5 Å². The van der Waals surface area contributed by atoms with E-state index >= 15 is 0 Å². The van der Waals surface area contributed by atoms with Gasteiger partial charge in [0.2, 0.25) is 5.91 Å². The topological polar surface area (TPSA) is 111 Å². The number of urea groups is 1. The second-order valence-corrected chi connectivity index (χ2v) is 11.5. The lowest BCUT2D eigenvalue weighted by Crippen LogP contribution is -2.52. The average molecular weight is 565 g/mol. The molecular formula is C29H45ClN4O5. The molecular weight excluding hydrogens is 520 g/mol. The van der Waals surface area contributed by atoms with Gasteiger partial charge in [0, 0.05) is 63.7 Å². The molecule has 1 aliphatic heterocycles. The summed E-state index contributed by atoms with van der Waals surface area (Å²) in [5.74, 6) is 0.562. The molecule has 3 atom stereocenters. The molecule has 1 saturated heterocycles. The third kappa shape index (κ3) is 10.2. The van der Waals surface area contributed by atoms with Crippen LogP contribution < -0.4 is 10.6 Å². The van der Waals surface area contributed by atoms with Gasteiger partial charge < -0.3 is 30.3 Å². The van der Waals surface area contributed by atoms with Crippen molar-refractivity contribution in [3.05, 3.63) is 34.9 Å². The highest BCUT2D eigenvalue weighted by Gasteiger charge is 2.32. The number of hydrogen-bond donors (Lipinski definition) is 3. The minimum atomic E-state index is -0.992. The zero-order valence-corrected chi connectivity index (χ0v) is 24.1. The number of nitrogens with one attached hydrogen (secondary N) is 2. The van der Waals surface area contributed by atoms with Gasteiger partial charge in [0.15, 0.2) is 0 Å². The molecule has 3 rings (SSSR count). The Balaban J connectivity index is 1.66. The molecule has 0 radical (unpaired) electrons. The Kier molecular flexibility index (Phi) is 12.7. The number of likely N-dealkylation sites (N-methyl/N-ethyl adjacent to an activating group) is 1.